The van der Waals surface area contributed by atoms with E-state index in [1.165, 1.54) is 30.5 Å². The van der Waals surface area contributed by atoms with E-state index >= 15 is 0 Å². The van der Waals surface area contributed by atoms with E-state index in [1.807, 2.05) is 0 Å². The maximum absolute atomic E-state index is 13.1. The molecule has 1 fully saturated rings. The molecule has 2 heterocycles. The summed E-state index contributed by atoms with van der Waals surface area (Å²) in [6.45, 7) is 1.30. The Morgan fingerprint density at radius 2 is 2.12 bits per heavy atom. The first-order valence-electron chi connectivity index (χ1n) is 7.58. The van der Waals surface area contributed by atoms with Crippen LogP contribution in [-0.2, 0) is 4.74 Å². The number of pyridine rings is 1. The molecule has 1 aromatic carbocycles. The van der Waals surface area contributed by atoms with Gasteiger partial charge in [-0.05, 0) is 24.3 Å². The second-order valence-electron chi connectivity index (χ2n) is 5.41. The number of carbonyl (C=O) groups is 1. The minimum atomic E-state index is -0.427. The first kappa shape index (κ1) is 16.7. The third-order valence-electron chi connectivity index (χ3n) is 3.60. The molecular weight excluding hydrogens is 335 g/mol. The van der Waals surface area contributed by atoms with Crippen LogP contribution in [0, 0.1) is 5.82 Å². The molecule has 1 aliphatic rings. The van der Waals surface area contributed by atoms with E-state index in [1.54, 1.807) is 6.07 Å². The lowest BCUT2D eigenvalue weighted by atomic mass is 10.1. The van der Waals surface area contributed by atoms with Crippen LogP contribution >= 0.6 is 11.6 Å². The van der Waals surface area contributed by atoms with Gasteiger partial charge in [-0.3, -0.25) is 4.79 Å². The number of aromatic nitrogens is 1. The normalized spacial score (nSPS) is 15.1. The molecule has 126 valence electrons. The van der Waals surface area contributed by atoms with Gasteiger partial charge in [-0.1, -0.05) is 17.7 Å². The third kappa shape index (κ3) is 4.21. The first-order chi connectivity index (χ1) is 11.6. The van der Waals surface area contributed by atoms with Crippen LogP contribution in [0.1, 0.15) is 23.2 Å². The van der Waals surface area contributed by atoms with Gasteiger partial charge < -0.3 is 14.8 Å². The Balaban J connectivity index is 1.68. The number of rotatable bonds is 4. The highest BCUT2D eigenvalue weighted by molar-refractivity contribution is 6.32. The number of carbonyl (C=O) groups excluding carboxylic acids is 1. The van der Waals surface area contributed by atoms with Crippen molar-refractivity contribution in [3.63, 3.8) is 0 Å². The van der Waals surface area contributed by atoms with Crippen molar-refractivity contribution < 1.29 is 18.7 Å². The second-order valence-corrected chi connectivity index (χ2v) is 5.81. The van der Waals surface area contributed by atoms with E-state index in [4.69, 9.17) is 21.1 Å². The van der Waals surface area contributed by atoms with Crippen molar-refractivity contribution in [2.75, 3.05) is 18.5 Å². The Morgan fingerprint density at radius 3 is 2.83 bits per heavy atom. The Hall–Kier alpha value is -2.18. The van der Waals surface area contributed by atoms with E-state index in [0.29, 0.717) is 24.8 Å². The van der Waals surface area contributed by atoms with Gasteiger partial charge in [-0.15, -0.1) is 0 Å². The molecule has 1 aliphatic heterocycles. The van der Waals surface area contributed by atoms with Crippen molar-refractivity contribution in [2.45, 2.75) is 18.9 Å². The van der Waals surface area contributed by atoms with Crippen LogP contribution < -0.4 is 10.1 Å². The Bertz CT molecular complexity index is 736. The summed E-state index contributed by atoms with van der Waals surface area (Å²) in [5, 5.41) is 2.85. The molecule has 1 saturated heterocycles. The molecular formula is C17H16ClFN2O3. The van der Waals surface area contributed by atoms with Crippen LogP contribution in [-0.4, -0.2) is 30.2 Å². The molecule has 0 unspecified atom stereocenters. The standard InChI is InChI=1S/C17H16ClFN2O3/c18-15-8-11(16(22)21-13-3-1-2-12(19)9-13)10-20-17(15)24-14-4-6-23-7-5-14/h1-3,8-10,14H,4-7H2,(H,21,22). The van der Waals surface area contributed by atoms with Crippen LogP contribution in [0.25, 0.3) is 0 Å². The van der Waals surface area contributed by atoms with Gasteiger partial charge in [0.2, 0.25) is 5.88 Å². The fourth-order valence-electron chi connectivity index (χ4n) is 2.36. The average Bonchev–Trinajstić information content (AvgIpc) is 2.57. The lowest BCUT2D eigenvalue weighted by Crippen LogP contribution is -2.26. The topological polar surface area (TPSA) is 60.5 Å². The molecule has 1 amide bonds. The maximum atomic E-state index is 13.1. The van der Waals surface area contributed by atoms with E-state index < -0.39 is 11.7 Å². The Morgan fingerprint density at radius 1 is 1.33 bits per heavy atom. The van der Waals surface area contributed by atoms with Crippen LogP contribution in [0.2, 0.25) is 5.02 Å². The number of nitrogens with one attached hydrogen (secondary N) is 1. The quantitative estimate of drug-likeness (QED) is 0.913. The molecule has 0 atom stereocenters. The largest absolute Gasteiger partial charge is 0.473 e. The molecule has 0 bridgehead atoms. The highest BCUT2D eigenvalue weighted by Gasteiger charge is 2.18. The van der Waals surface area contributed by atoms with Gasteiger partial charge in [0.15, 0.2) is 0 Å². The predicted molar refractivity (Wildman–Crippen MR) is 88.1 cm³/mol. The fraction of sp³-hybridized carbons (Fsp3) is 0.294. The Kier molecular flexibility index (Phi) is 5.27. The van der Waals surface area contributed by atoms with Crippen molar-refractivity contribution in [3.05, 3.63) is 52.9 Å². The number of amides is 1. The zero-order valence-corrected chi connectivity index (χ0v) is 13.6. The summed E-state index contributed by atoms with van der Waals surface area (Å²) in [6.07, 6.45) is 2.95. The zero-order valence-electron chi connectivity index (χ0n) is 12.8. The lowest BCUT2D eigenvalue weighted by molar-refractivity contribution is 0.0238. The van der Waals surface area contributed by atoms with Gasteiger partial charge in [0.1, 0.15) is 16.9 Å². The van der Waals surface area contributed by atoms with Crippen LogP contribution in [0.15, 0.2) is 36.5 Å². The van der Waals surface area contributed by atoms with E-state index in [-0.39, 0.29) is 16.7 Å². The second kappa shape index (κ2) is 7.59. The fourth-order valence-corrected chi connectivity index (χ4v) is 2.57. The van der Waals surface area contributed by atoms with Crippen molar-refractivity contribution in [2.24, 2.45) is 0 Å². The van der Waals surface area contributed by atoms with Gasteiger partial charge in [-0.2, -0.15) is 0 Å². The summed E-state index contributed by atoms with van der Waals surface area (Å²) in [6, 6.07) is 7.13. The smallest absolute Gasteiger partial charge is 0.257 e. The molecule has 7 heteroatoms. The average molecular weight is 351 g/mol. The number of anilines is 1. The summed E-state index contributed by atoms with van der Waals surface area (Å²) in [5.74, 6) is -0.553. The third-order valence-corrected chi connectivity index (χ3v) is 3.87. The summed E-state index contributed by atoms with van der Waals surface area (Å²) >= 11 is 6.16. The van der Waals surface area contributed by atoms with Crippen LogP contribution in [0.3, 0.4) is 0 Å². The number of halogens is 2. The van der Waals surface area contributed by atoms with E-state index in [2.05, 4.69) is 10.3 Å². The van der Waals surface area contributed by atoms with Gasteiger partial charge >= 0.3 is 0 Å². The van der Waals surface area contributed by atoms with Crippen molar-refractivity contribution in [3.8, 4) is 5.88 Å². The van der Waals surface area contributed by atoms with Gasteiger partial charge in [0.25, 0.3) is 5.91 Å². The Labute approximate surface area is 143 Å². The molecule has 0 saturated carbocycles. The van der Waals surface area contributed by atoms with Gasteiger partial charge in [0.05, 0.1) is 18.8 Å². The maximum Gasteiger partial charge on any atom is 0.257 e. The SMILES string of the molecule is O=C(Nc1cccc(F)c1)c1cnc(OC2CCOCC2)c(Cl)c1. The number of hydrogen-bond donors (Lipinski definition) is 1. The molecule has 0 aliphatic carbocycles. The number of nitrogens with zero attached hydrogens (tertiary/aromatic N) is 1. The van der Waals surface area contributed by atoms with E-state index in [0.717, 1.165) is 12.8 Å². The van der Waals surface area contributed by atoms with Gasteiger partial charge in [-0.25, -0.2) is 9.37 Å². The highest BCUT2D eigenvalue weighted by Crippen LogP contribution is 2.26. The zero-order chi connectivity index (χ0) is 16.9. The van der Waals surface area contributed by atoms with Crippen LogP contribution in [0.4, 0.5) is 10.1 Å². The first-order valence-corrected chi connectivity index (χ1v) is 7.96. The molecule has 3 rings (SSSR count). The minimum Gasteiger partial charge on any atom is -0.473 e. The van der Waals surface area contributed by atoms with E-state index in [9.17, 15) is 9.18 Å². The minimum absolute atomic E-state index is 0.00993. The molecule has 0 radical (unpaired) electrons. The molecule has 0 spiro atoms. The number of ether oxygens (including phenoxy) is 2. The summed E-state index contributed by atoms with van der Waals surface area (Å²) in [5.41, 5.74) is 0.627. The summed E-state index contributed by atoms with van der Waals surface area (Å²) < 4.78 is 24.2. The number of hydrogen-bond acceptors (Lipinski definition) is 4. The van der Waals surface area contributed by atoms with Crippen molar-refractivity contribution in [1.82, 2.24) is 4.98 Å². The lowest BCUT2D eigenvalue weighted by Gasteiger charge is -2.23. The molecule has 1 aromatic heterocycles. The summed E-state index contributed by atoms with van der Waals surface area (Å²) in [4.78, 5) is 16.3. The molecule has 24 heavy (non-hydrogen) atoms. The summed E-state index contributed by atoms with van der Waals surface area (Å²) in [7, 11) is 0. The van der Waals surface area contributed by atoms with Crippen molar-refractivity contribution in [1.29, 1.82) is 0 Å². The number of benzene rings is 1. The molecule has 5 nitrogen and oxygen atoms in total. The molecule has 1 N–H and O–H groups in total. The monoisotopic (exact) mass is 350 g/mol. The van der Waals surface area contributed by atoms with Crippen molar-refractivity contribution >= 4 is 23.2 Å². The molecule has 2 aromatic rings. The van der Waals surface area contributed by atoms with Crippen LogP contribution in [0.5, 0.6) is 5.88 Å². The highest BCUT2D eigenvalue weighted by atomic mass is 35.5. The predicted octanol–water partition coefficient (Wildman–Crippen LogP) is 3.68. The van der Waals surface area contributed by atoms with Gasteiger partial charge in [0, 0.05) is 24.7 Å².